The van der Waals surface area contributed by atoms with Crippen LogP contribution in [0.25, 0.3) is 10.2 Å². The monoisotopic (exact) mass is 358 g/mol. The second kappa shape index (κ2) is 6.98. The first kappa shape index (κ1) is 17.0. The number of halogens is 1. The lowest BCUT2D eigenvalue weighted by Crippen LogP contribution is -2.22. The van der Waals surface area contributed by atoms with E-state index in [1.54, 1.807) is 28.8 Å². The van der Waals surface area contributed by atoms with Crippen LogP contribution in [0.3, 0.4) is 0 Å². The minimum Gasteiger partial charge on any atom is -0.468 e. The van der Waals surface area contributed by atoms with Crippen molar-refractivity contribution < 1.29 is 18.7 Å². The van der Waals surface area contributed by atoms with Crippen molar-refractivity contribution in [1.82, 2.24) is 4.57 Å². The van der Waals surface area contributed by atoms with Gasteiger partial charge in [0.1, 0.15) is 12.4 Å². The molecule has 0 saturated carbocycles. The number of aryl methyl sites for hydroxylation is 1. The van der Waals surface area contributed by atoms with E-state index >= 15 is 0 Å². The Morgan fingerprint density at radius 2 is 2.04 bits per heavy atom. The summed E-state index contributed by atoms with van der Waals surface area (Å²) in [5, 5.41) is 0. The third-order valence-electron chi connectivity index (χ3n) is 3.62. The summed E-state index contributed by atoms with van der Waals surface area (Å²) in [5.41, 5.74) is 2.02. The van der Waals surface area contributed by atoms with Gasteiger partial charge >= 0.3 is 5.97 Å². The van der Waals surface area contributed by atoms with Crippen LogP contribution in [-0.2, 0) is 16.1 Å². The van der Waals surface area contributed by atoms with Crippen LogP contribution in [0.4, 0.5) is 4.39 Å². The highest BCUT2D eigenvalue weighted by Gasteiger charge is 2.13. The second-order valence-corrected chi connectivity index (χ2v) is 6.45. The summed E-state index contributed by atoms with van der Waals surface area (Å²) in [7, 11) is 1.28. The van der Waals surface area contributed by atoms with Gasteiger partial charge in [-0.3, -0.25) is 9.59 Å². The molecule has 3 rings (SSSR count). The number of aromatic nitrogens is 1. The molecule has 1 aromatic heterocycles. The molecule has 0 atom stereocenters. The maximum absolute atomic E-state index is 13.5. The molecule has 0 unspecified atom stereocenters. The Hall–Kier alpha value is -2.80. The van der Waals surface area contributed by atoms with Crippen LogP contribution in [0.1, 0.15) is 15.9 Å². The molecule has 0 aliphatic heterocycles. The zero-order valence-electron chi connectivity index (χ0n) is 13.7. The van der Waals surface area contributed by atoms with Crippen molar-refractivity contribution in [3.8, 4) is 0 Å². The highest BCUT2D eigenvalue weighted by Crippen LogP contribution is 2.19. The van der Waals surface area contributed by atoms with Crippen LogP contribution in [0.5, 0.6) is 0 Å². The third kappa shape index (κ3) is 3.66. The van der Waals surface area contributed by atoms with Crippen molar-refractivity contribution in [1.29, 1.82) is 0 Å². The first-order chi connectivity index (χ1) is 12.0. The molecular weight excluding hydrogens is 343 g/mol. The summed E-state index contributed by atoms with van der Waals surface area (Å²) < 4.78 is 20.3. The number of hydrogen-bond acceptors (Lipinski definition) is 4. The van der Waals surface area contributed by atoms with Gasteiger partial charge in [-0.1, -0.05) is 29.0 Å². The number of fused-ring (bicyclic) bond motifs is 1. The van der Waals surface area contributed by atoms with E-state index < -0.39 is 17.7 Å². The standard InChI is InChI=1S/C18H15FN2O3S/c1-11-4-3-5-12(8-11)17(23)20-18-21(10-16(22)24-2)14-7-6-13(19)9-15(14)25-18/h3-9H,10H2,1-2H3. The molecule has 0 aliphatic carbocycles. The van der Waals surface area contributed by atoms with Crippen molar-refractivity contribution in [3.63, 3.8) is 0 Å². The van der Waals surface area contributed by atoms with E-state index in [4.69, 9.17) is 4.74 Å². The summed E-state index contributed by atoms with van der Waals surface area (Å²) in [5.74, 6) is -1.29. The fourth-order valence-electron chi connectivity index (χ4n) is 2.41. The third-order valence-corrected chi connectivity index (χ3v) is 4.66. The number of carbonyl (C=O) groups excluding carboxylic acids is 2. The van der Waals surface area contributed by atoms with E-state index in [1.807, 2.05) is 13.0 Å². The van der Waals surface area contributed by atoms with Crippen LogP contribution in [0, 0.1) is 12.7 Å². The summed E-state index contributed by atoms with van der Waals surface area (Å²) >= 11 is 1.15. The number of rotatable bonds is 3. The average Bonchev–Trinajstić information content (AvgIpc) is 2.91. The van der Waals surface area contributed by atoms with E-state index in [1.165, 1.54) is 19.2 Å². The molecule has 0 radical (unpaired) electrons. The van der Waals surface area contributed by atoms with Gasteiger partial charge in [0.2, 0.25) is 0 Å². The van der Waals surface area contributed by atoms with Crippen LogP contribution < -0.4 is 4.80 Å². The van der Waals surface area contributed by atoms with Gasteiger partial charge in [-0.25, -0.2) is 4.39 Å². The van der Waals surface area contributed by atoms with Gasteiger partial charge in [-0.05, 0) is 37.3 Å². The minimum absolute atomic E-state index is 0.109. The van der Waals surface area contributed by atoms with E-state index in [2.05, 4.69) is 4.99 Å². The van der Waals surface area contributed by atoms with Crippen molar-refractivity contribution in [2.45, 2.75) is 13.5 Å². The Morgan fingerprint density at radius 1 is 1.24 bits per heavy atom. The number of amides is 1. The van der Waals surface area contributed by atoms with E-state index in [0.29, 0.717) is 20.6 Å². The fourth-order valence-corrected chi connectivity index (χ4v) is 3.46. The molecule has 0 N–H and O–H groups in total. The molecule has 128 valence electrons. The quantitative estimate of drug-likeness (QED) is 0.676. The van der Waals surface area contributed by atoms with Gasteiger partial charge in [0.15, 0.2) is 4.80 Å². The molecule has 7 heteroatoms. The molecular formula is C18H15FN2O3S. The van der Waals surface area contributed by atoms with Crippen LogP contribution in [0.2, 0.25) is 0 Å². The topological polar surface area (TPSA) is 60.7 Å². The lowest BCUT2D eigenvalue weighted by molar-refractivity contribution is -0.141. The van der Waals surface area contributed by atoms with Gasteiger partial charge in [0.25, 0.3) is 5.91 Å². The molecule has 2 aromatic carbocycles. The number of benzene rings is 2. The summed E-state index contributed by atoms with van der Waals surface area (Å²) in [6.07, 6.45) is 0. The summed E-state index contributed by atoms with van der Waals surface area (Å²) in [6.45, 7) is 1.78. The predicted molar refractivity (Wildman–Crippen MR) is 92.9 cm³/mol. The molecule has 0 aliphatic rings. The average molecular weight is 358 g/mol. The number of hydrogen-bond donors (Lipinski definition) is 0. The highest BCUT2D eigenvalue weighted by molar-refractivity contribution is 7.16. The van der Waals surface area contributed by atoms with Gasteiger partial charge < -0.3 is 9.30 Å². The maximum Gasteiger partial charge on any atom is 0.325 e. The Morgan fingerprint density at radius 3 is 2.76 bits per heavy atom. The number of thiazole rings is 1. The van der Waals surface area contributed by atoms with Gasteiger partial charge in [0.05, 0.1) is 17.3 Å². The number of carbonyl (C=O) groups is 2. The van der Waals surface area contributed by atoms with Gasteiger partial charge in [-0.15, -0.1) is 0 Å². The number of ether oxygens (including phenoxy) is 1. The Labute approximate surface area is 147 Å². The molecule has 25 heavy (non-hydrogen) atoms. The maximum atomic E-state index is 13.5. The Balaban J connectivity index is 2.15. The molecule has 0 spiro atoms. The minimum atomic E-state index is -0.478. The molecule has 0 saturated heterocycles. The molecule has 0 bridgehead atoms. The first-order valence-corrected chi connectivity index (χ1v) is 8.31. The molecule has 1 amide bonds. The number of methoxy groups -OCH3 is 1. The van der Waals surface area contributed by atoms with Crippen molar-refractivity contribution >= 4 is 33.4 Å². The number of nitrogens with zero attached hydrogens (tertiary/aromatic N) is 2. The zero-order chi connectivity index (χ0) is 18.0. The van der Waals surface area contributed by atoms with Gasteiger partial charge in [-0.2, -0.15) is 4.99 Å². The molecule has 5 nitrogen and oxygen atoms in total. The van der Waals surface area contributed by atoms with E-state index in [0.717, 1.165) is 16.9 Å². The van der Waals surface area contributed by atoms with Crippen LogP contribution in [0.15, 0.2) is 47.5 Å². The molecule has 3 aromatic rings. The van der Waals surface area contributed by atoms with E-state index in [9.17, 15) is 14.0 Å². The van der Waals surface area contributed by atoms with Crippen molar-refractivity contribution in [2.75, 3.05) is 7.11 Å². The Bertz CT molecular complexity index is 1040. The van der Waals surface area contributed by atoms with E-state index in [-0.39, 0.29) is 6.54 Å². The summed E-state index contributed by atoms with van der Waals surface area (Å²) in [4.78, 5) is 28.6. The zero-order valence-corrected chi connectivity index (χ0v) is 14.5. The Kier molecular flexibility index (Phi) is 4.76. The highest BCUT2D eigenvalue weighted by atomic mass is 32.1. The summed E-state index contributed by atoms with van der Waals surface area (Å²) in [6, 6.07) is 11.3. The largest absolute Gasteiger partial charge is 0.468 e. The lowest BCUT2D eigenvalue weighted by atomic mass is 10.1. The van der Waals surface area contributed by atoms with Crippen molar-refractivity contribution in [2.24, 2.45) is 4.99 Å². The normalized spacial score (nSPS) is 11.7. The SMILES string of the molecule is COC(=O)Cn1c(=NC(=O)c2cccc(C)c2)sc2cc(F)ccc21. The smallest absolute Gasteiger partial charge is 0.325 e. The van der Waals surface area contributed by atoms with Crippen LogP contribution >= 0.6 is 11.3 Å². The molecule has 0 fully saturated rings. The first-order valence-electron chi connectivity index (χ1n) is 7.49. The number of esters is 1. The van der Waals surface area contributed by atoms with Crippen LogP contribution in [-0.4, -0.2) is 23.6 Å². The second-order valence-electron chi connectivity index (χ2n) is 5.45. The molecule has 1 heterocycles. The van der Waals surface area contributed by atoms with Gasteiger partial charge in [0, 0.05) is 5.56 Å². The fraction of sp³-hybridized carbons (Fsp3) is 0.167. The lowest BCUT2D eigenvalue weighted by Gasteiger charge is -2.03. The predicted octanol–water partition coefficient (Wildman–Crippen LogP) is 3.06. The van der Waals surface area contributed by atoms with Crippen molar-refractivity contribution in [3.05, 3.63) is 64.2 Å².